The van der Waals surface area contributed by atoms with Crippen LogP contribution in [0, 0.1) is 0 Å². The highest BCUT2D eigenvalue weighted by Gasteiger charge is 2.35. The van der Waals surface area contributed by atoms with Crippen molar-refractivity contribution in [1.82, 2.24) is 24.9 Å². The largest absolute Gasteiger partial charge is 0.354 e. The number of anilines is 1. The van der Waals surface area contributed by atoms with Gasteiger partial charge in [-0.2, -0.15) is 4.98 Å². The van der Waals surface area contributed by atoms with Crippen molar-refractivity contribution in [3.05, 3.63) is 24.2 Å². The normalized spacial score (nSPS) is 25.0. The summed E-state index contributed by atoms with van der Waals surface area (Å²) in [5.41, 5.74) is 0.931. The van der Waals surface area contributed by atoms with E-state index in [9.17, 15) is 0 Å². The van der Waals surface area contributed by atoms with Crippen LogP contribution in [0.3, 0.4) is 0 Å². The van der Waals surface area contributed by atoms with Crippen molar-refractivity contribution < 1.29 is 4.52 Å². The molecule has 0 N–H and O–H groups in total. The lowest BCUT2D eigenvalue weighted by Gasteiger charge is -2.34. The standard InChI is InChI=1S/C22H32N6O/c1-26-12-14-27(15-13-26)20-10-9-17(16-23-20)21-24-22(29-25-21)19-8-5-11-28(19)18-6-3-2-4-7-18/h9-10,16,18-19H,2-8,11-15H2,1H3. The fourth-order valence-corrected chi connectivity index (χ4v) is 5.13. The van der Waals surface area contributed by atoms with Gasteiger partial charge in [0.2, 0.25) is 11.7 Å². The third kappa shape index (κ3) is 4.03. The molecule has 2 aromatic rings. The maximum atomic E-state index is 5.74. The van der Waals surface area contributed by atoms with E-state index >= 15 is 0 Å². The summed E-state index contributed by atoms with van der Waals surface area (Å²) < 4.78 is 5.74. The van der Waals surface area contributed by atoms with Gasteiger partial charge in [-0.15, -0.1) is 0 Å². The Balaban J connectivity index is 1.28. The van der Waals surface area contributed by atoms with Crippen LogP contribution in [-0.2, 0) is 0 Å². The lowest BCUT2D eigenvalue weighted by molar-refractivity contribution is 0.121. The van der Waals surface area contributed by atoms with Crippen LogP contribution >= 0.6 is 0 Å². The Hall–Kier alpha value is -1.99. The summed E-state index contributed by atoms with van der Waals surface area (Å²) in [5.74, 6) is 2.48. The van der Waals surface area contributed by atoms with Crippen molar-refractivity contribution in [3.63, 3.8) is 0 Å². The molecule has 7 heteroatoms. The van der Waals surface area contributed by atoms with Gasteiger partial charge in [-0.1, -0.05) is 24.4 Å². The average Bonchev–Trinajstić information content (AvgIpc) is 3.45. The molecule has 0 spiro atoms. The van der Waals surface area contributed by atoms with Crippen molar-refractivity contribution in [2.45, 2.75) is 57.0 Å². The molecule has 0 aromatic carbocycles. The number of nitrogens with zero attached hydrogens (tertiary/aromatic N) is 6. The molecule has 3 fully saturated rings. The SMILES string of the molecule is CN1CCN(c2ccc(-c3noc(C4CCCN4C4CCCCC4)n3)cn2)CC1. The second-order valence-electron chi connectivity index (χ2n) is 8.84. The van der Waals surface area contributed by atoms with Crippen molar-refractivity contribution in [1.29, 1.82) is 0 Å². The Morgan fingerprint density at radius 1 is 0.931 bits per heavy atom. The second-order valence-corrected chi connectivity index (χ2v) is 8.84. The Bertz CT molecular complexity index is 792. The van der Waals surface area contributed by atoms with E-state index in [-0.39, 0.29) is 6.04 Å². The Labute approximate surface area is 173 Å². The molecule has 2 aromatic heterocycles. The maximum Gasteiger partial charge on any atom is 0.244 e. The summed E-state index contributed by atoms with van der Waals surface area (Å²) in [4.78, 5) is 16.8. The van der Waals surface area contributed by atoms with Gasteiger partial charge in [0.15, 0.2) is 0 Å². The minimum Gasteiger partial charge on any atom is -0.354 e. The van der Waals surface area contributed by atoms with Crippen LogP contribution < -0.4 is 4.90 Å². The molecule has 0 amide bonds. The third-order valence-corrected chi connectivity index (χ3v) is 6.90. The molecule has 29 heavy (non-hydrogen) atoms. The molecule has 3 aliphatic rings. The van der Waals surface area contributed by atoms with E-state index < -0.39 is 0 Å². The van der Waals surface area contributed by atoms with Gasteiger partial charge in [0.05, 0.1) is 6.04 Å². The van der Waals surface area contributed by atoms with Crippen LogP contribution in [-0.4, -0.2) is 70.7 Å². The molecule has 2 aliphatic heterocycles. The van der Waals surface area contributed by atoms with Crippen molar-refractivity contribution in [2.75, 3.05) is 44.7 Å². The third-order valence-electron chi connectivity index (χ3n) is 6.90. The van der Waals surface area contributed by atoms with Crippen LogP contribution in [0.5, 0.6) is 0 Å². The highest BCUT2D eigenvalue weighted by molar-refractivity contribution is 5.56. The van der Waals surface area contributed by atoms with Crippen LogP contribution in [0.1, 0.15) is 56.9 Å². The van der Waals surface area contributed by atoms with E-state index in [1.54, 1.807) is 0 Å². The lowest BCUT2D eigenvalue weighted by atomic mass is 9.94. The summed E-state index contributed by atoms with van der Waals surface area (Å²) in [5, 5.41) is 4.29. The smallest absolute Gasteiger partial charge is 0.244 e. The first kappa shape index (κ1) is 19.0. The van der Waals surface area contributed by atoms with E-state index in [4.69, 9.17) is 9.51 Å². The van der Waals surface area contributed by atoms with Gasteiger partial charge in [0.25, 0.3) is 0 Å². The first-order valence-corrected chi connectivity index (χ1v) is 11.3. The highest BCUT2D eigenvalue weighted by Crippen LogP contribution is 2.37. The first-order valence-electron chi connectivity index (χ1n) is 11.3. The molecule has 0 bridgehead atoms. The fourth-order valence-electron chi connectivity index (χ4n) is 5.13. The zero-order valence-electron chi connectivity index (χ0n) is 17.5. The predicted octanol–water partition coefficient (Wildman–Crippen LogP) is 3.35. The summed E-state index contributed by atoms with van der Waals surface area (Å²) in [6.07, 6.45) is 11.0. The Morgan fingerprint density at radius 2 is 1.76 bits per heavy atom. The number of rotatable bonds is 4. The van der Waals surface area contributed by atoms with Crippen LogP contribution in [0.25, 0.3) is 11.4 Å². The molecule has 5 rings (SSSR count). The van der Waals surface area contributed by atoms with Crippen LogP contribution in [0.2, 0.25) is 0 Å². The molecule has 7 nitrogen and oxygen atoms in total. The van der Waals surface area contributed by atoms with E-state index in [2.05, 4.69) is 44.0 Å². The second kappa shape index (κ2) is 8.40. The summed E-state index contributed by atoms with van der Waals surface area (Å²) in [7, 11) is 2.17. The topological polar surface area (TPSA) is 61.5 Å². The van der Waals surface area contributed by atoms with Crippen molar-refractivity contribution in [3.8, 4) is 11.4 Å². The summed E-state index contributed by atoms with van der Waals surface area (Å²) in [6, 6.07) is 5.14. The molecular weight excluding hydrogens is 364 g/mol. The van der Waals surface area contributed by atoms with E-state index in [1.165, 1.54) is 38.5 Å². The Morgan fingerprint density at radius 3 is 2.52 bits per heavy atom. The number of piperazine rings is 1. The molecule has 1 unspecified atom stereocenters. The summed E-state index contributed by atoms with van der Waals surface area (Å²) in [6.45, 7) is 5.36. The summed E-state index contributed by atoms with van der Waals surface area (Å²) >= 11 is 0. The zero-order chi connectivity index (χ0) is 19.6. The molecule has 1 atom stereocenters. The van der Waals surface area contributed by atoms with Gasteiger partial charge in [0.1, 0.15) is 5.82 Å². The lowest BCUT2D eigenvalue weighted by Crippen LogP contribution is -2.44. The quantitative estimate of drug-likeness (QED) is 0.785. The molecule has 2 saturated heterocycles. The van der Waals surface area contributed by atoms with E-state index in [1.807, 2.05) is 6.20 Å². The van der Waals surface area contributed by atoms with Gasteiger partial charge >= 0.3 is 0 Å². The van der Waals surface area contributed by atoms with Gasteiger partial charge in [-0.25, -0.2) is 4.98 Å². The van der Waals surface area contributed by atoms with Crippen LogP contribution in [0.15, 0.2) is 22.9 Å². The molecule has 1 saturated carbocycles. The number of hydrogen-bond donors (Lipinski definition) is 0. The predicted molar refractivity (Wildman–Crippen MR) is 113 cm³/mol. The van der Waals surface area contributed by atoms with Gasteiger partial charge in [-0.05, 0) is 51.4 Å². The minimum atomic E-state index is 0.289. The zero-order valence-corrected chi connectivity index (χ0v) is 17.5. The fraction of sp³-hybridized carbons (Fsp3) is 0.682. The average molecular weight is 397 g/mol. The van der Waals surface area contributed by atoms with E-state index in [0.29, 0.717) is 11.9 Å². The number of likely N-dealkylation sites (tertiary alicyclic amines) is 1. The number of hydrogen-bond acceptors (Lipinski definition) is 7. The molecule has 156 valence electrons. The van der Waals surface area contributed by atoms with Gasteiger partial charge in [0, 0.05) is 44.0 Å². The minimum absolute atomic E-state index is 0.289. The highest BCUT2D eigenvalue weighted by atomic mass is 16.5. The number of likely N-dealkylation sites (N-methyl/N-ethyl adjacent to an activating group) is 1. The molecular formula is C22H32N6O. The number of aromatic nitrogens is 3. The first-order chi connectivity index (χ1) is 14.3. The molecule has 4 heterocycles. The number of pyridine rings is 1. The van der Waals surface area contributed by atoms with E-state index in [0.717, 1.165) is 56.4 Å². The monoisotopic (exact) mass is 396 g/mol. The van der Waals surface area contributed by atoms with Crippen molar-refractivity contribution >= 4 is 5.82 Å². The maximum absolute atomic E-state index is 5.74. The molecule has 0 radical (unpaired) electrons. The Kier molecular flexibility index (Phi) is 5.50. The van der Waals surface area contributed by atoms with Crippen molar-refractivity contribution in [2.24, 2.45) is 0 Å². The van der Waals surface area contributed by atoms with Gasteiger partial charge < -0.3 is 14.3 Å². The van der Waals surface area contributed by atoms with Crippen LogP contribution in [0.4, 0.5) is 5.82 Å². The molecule has 1 aliphatic carbocycles. The van der Waals surface area contributed by atoms with Gasteiger partial charge in [-0.3, -0.25) is 4.90 Å².